The van der Waals surface area contributed by atoms with Crippen molar-refractivity contribution in [3.8, 4) is 11.8 Å². The van der Waals surface area contributed by atoms with Crippen molar-refractivity contribution in [2.75, 3.05) is 6.61 Å². The second-order valence-corrected chi connectivity index (χ2v) is 10.3. The highest BCUT2D eigenvalue weighted by Crippen LogP contribution is 2.42. The molecule has 0 N–H and O–H groups in total. The van der Waals surface area contributed by atoms with Crippen molar-refractivity contribution in [3.63, 3.8) is 0 Å². The zero-order valence-electron chi connectivity index (χ0n) is 19.9. The van der Waals surface area contributed by atoms with Crippen molar-refractivity contribution in [1.29, 1.82) is 5.26 Å². The minimum atomic E-state index is -1.11. The van der Waals surface area contributed by atoms with Crippen molar-refractivity contribution >= 4 is 0 Å². The van der Waals surface area contributed by atoms with Crippen LogP contribution in [0.3, 0.4) is 0 Å². The predicted octanol–water partition coefficient (Wildman–Crippen LogP) is 8.58. The van der Waals surface area contributed by atoms with E-state index >= 15 is 0 Å². The van der Waals surface area contributed by atoms with Crippen LogP contribution in [0.2, 0.25) is 0 Å². The van der Waals surface area contributed by atoms with E-state index in [1.807, 2.05) is 0 Å². The van der Waals surface area contributed by atoms with Gasteiger partial charge in [0, 0.05) is 0 Å². The Kier molecular flexibility index (Phi) is 10.3. The summed E-state index contributed by atoms with van der Waals surface area (Å²) in [6.07, 6.45) is 20.2. The maximum absolute atomic E-state index is 14.0. The molecule has 2 aliphatic carbocycles. The van der Waals surface area contributed by atoms with Crippen molar-refractivity contribution in [2.24, 2.45) is 23.7 Å². The van der Waals surface area contributed by atoms with E-state index in [1.54, 1.807) is 6.07 Å². The summed E-state index contributed by atoms with van der Waals surface area (Å²) in [7, 11) is 0. The highest BCUT2D eigenvalue weighted by molar-refractivity contribution is 5.37. The molecule has 32 heavy (non-hydrogen) atoms. The fourth-order valence-corrected chi connectivity index (χ4v) is 5.93. The monoisotopic (exact) mass is 445 g/mol. The third-order valence-corrected chi connectivity index (χ3v) is 8.06. The average molecular weight is 446 g/mol. The van der Waals surface area contributed by atoms with Crippen molar-refractivity contribution in [3.05, 3.63) is 29.3 Å². The molecule has 0 spiro atoms. The number of ether oxygens (including phenoxy) is 1. The number of hydrogen-bond donors (Lipinski definition) is 0. The molecule has 1 aromatic carbocycles. The molecule has 2 nitrogen and oxygen atoms in total. The highest BCUT2D eigenvalue weighted by Gasteiger charge is 2.31. The first-order valence-electron chi connectivity index (χ1n) is 13.1. The second kappa shape index (κ2) is 13.2. The lowest BCUT2D eigenvalue weighted by Crippen LogP contribution is -2.27. The van der Waals surface area contributed by atoms with Gasteiger partial charge in [-0.15, -0.1) is 0 Å². The Labute approximate surface area is 193 Å². The number of nitrogens with zero attached hydrogens (tertiary/aromatic N) is 1. The SMILES string of the molecule is CCCCCCCCC1CCC(C2CCC(COc3ccc(C#N)c(F)c3F)CC2)CC1. The molecule has 0 unspecified atom stereocenters. The molecule has 0 saturated heterocycles. The highest BCUT2D eigenvalue weighted by atomic mass is 19.2. The van der Waals surface area contributed by atoms with Crippen LogP contribution >= 0.6 is 0 Å². The summed E-state index contributed by atoms with van der Waals surface area (Å²) in [5.74, 6) is 0.870. The van der Waals surface area contributed by atoms with Gasteiger partial charge in [0.1, 0.15) is 6.07 Å². The van der Waals surface area contributed by atoms with Gasteiger partial charge in [-0.25, -0.2) is 4.39 Å². The fraction of sp³-hybridized carbons (Fsp3) is 0.750. The van der Waals surface area contributed by atoms with Crippen LogP contribution in [0.15, 0.2) is 12.1 Å². The summed E-state index contributed by atoms with van der Waals surface area (Å²) in [4.78, 5) is 0. The predicted molar refractivity (Wildman–Crippen MR) is 125 cm³/mol. The number of benzene rings is 1. The molecule has 2 aliphatic rings. The van der Waals surface area contributed by atoms with Crippen LogP contribution in [-0.4, -0.2) is 6.61 Å². The van der Waals surface area contributed by atoms with Crippen LogP contribution in [0, 0.1) is 46.6 Å². The number of halogens is 2. The molecule has 3 rings (SSSR count). The van der Waals surface area contributed by atoms with Crippen LogP contribution in [0.5, 0.6) is 5.75 Å². The molecular formula is C28H41F2NO. The molecule has 4 heteroatoms. The van der Waals surface area contributed by atoms with Crippen LogP contribution in [0.4, 0.5) is 8.78 Å². The zero-order chi connectivity index (χ0) is 22.8. The number of rotatable bonds is 11. The maximum atomic E-state index is 14.0. The standard InChI is InChI=1S/C28H41F2NO/c1-2-3-4-5-6-7-8-21-9-13-23(14-10-21)24-15-11-22(12-16-24)20-32-26-18-17-25(19-31)27(29)28(26)30/h17-18,21-24H,2-16,20H2,1H3. The van der Waals surface area contributed by atoms with E-state index in [1.165, 1.54) is 95.6 Å². The molecule has 0 aromatic heterocycles. The Bertz CT molecular complexity index is 728. The molecule has 0 atom stereocenters. The van der Waals surface area contributed by atoms with E-state index in [4.69, 9.17) is 10.00 Å². The van der Waals surface area contributed by atoms with Crippen molar-refractivity contribution in [1.82, 2.24) is 0 Å². The molecular weight excluding hydrogens is 404 g/mol. The Morgan fingerprint density at radius 3 is 2.03 bits per heavy atom. The lowest BCUT2D eigenvalue weighted by molar-refractivity contribution is 0.120. The molecule has 2 fully saturated rings. The van der Waals surface area contributed by atoms with Crippen LogP contribution in [0.1, 0.15) is 109 Å². The lowest BCUT2D eigenvalue weighted by atomic mass is 9.69. The fourth-order valence-electron chi connectivity index (χ4n) is 5.93. The molecule has 1 aromatic rings. The molecule has 2 saturated carbocycles. The van der Waals surface area contributed by atoms with E-state index < -0.39 is 11.6 Å². The van der Waals surface area contributed by atoms with Gasteiger partial charge in [-0.05, 0) is 74.3 Å². The van der Waals surface area contributed by atoms with Crippen molar-refractivity contribution < 1.29 is 13.5 Å². The summed E-state index contributed by atoms with van der Waals surface area (Å²) in [5, 5.41) is 8.79. The number of hydrogen-bond acceptors (Lipinski definition) is 2. The number of unbranched alkanes of at least 4 members (excludes halogenated alkanes) is 5. The van der Waals surface area contributed by atoms with Gasteiger partial charge >= 0.3 is 0 Å². The first-order valence-corrected chi connectivity index (χ1v) is 13.1. The van der Waals surface area contributed by atoms with Crippen LogP contribution < -0.4 is 4.74 Å². The van der Waals surface area contributed by atoms with E-state index in [0.717, 1.165) is 30.6 Å². The summed E-state index contributed by atoms with van der Waals surface area (Å²) < 4.78 is 33.4. The number of nitriles is 1. The van der Waals surface area contributed by atoms with Gasteiger partial charge in [0.25, 0.3) is 0 Å². The summed E-state index contributed by atoms with van der Waals surface area (Å²) >= 11 is 0. The summed E-state index contributed by atoms with van der Waals surface area (Å²) in [5.41, 5.74) is -0.281. The van der Waals surface area contributed by atoms with E-state index in [9.17, 15) is 8.78 Å². The molecule has 0 amide bonds. The van der Waals surface area contributed by atoms with Gasteiger partial charge in [-0.2, -0.15) is 9.65 Å². The average Bonchev–Trinajstić information content (AvgIpc) is 2.83. The molecule has 0 bridgehead atoms. The van der Waals surface area contributed by atoms with Gasteiger partial charge in [0.15, 0.2) is 11.6 Å². The van der Waals surface area contributed by atoms with Crippen molar-refractivity contribution in [2.45, 2.75) is 103 Å². The summed E-state index contributed by atoms with van der Waals surface area (Å²) in [6, 6.07) is 4.31. The summed E-state index contributed by atoms with van der Waals surface area (Å²) in [6.45, 7) is 2.71. The lowest BCUT2D eigenvalue weighted by Gasteiger charge is -2.38. The van der Waals surface area contributed by atoms with E-state index in [2.05, 4.69) is 6.92 Å². The van der Waals surface area contributed by atoms with Gasteiger partial charge in [0.2, 0.25) is 5.82 Å². The first-order chi connectivity index (χ1) is 15.6. The van der Waals surface area contributed by atoms with E-state index in [-0.39, 0.29) is 11.3 Å². The van der Waals surface area contributed by atoms with Gasteiger partial charge in [-0.1, -0.05) is 64.7 Å². The third kappa shape index (κ3) is 7.19. The van der Waals surface area contributed by atoms with Crippen LogP contribution in [0.25, 0.3) is 0 Å². The molecule has 178 valence electrons. The topological polar surface area (TPSA) is 33.0 Å². The Morgan fingerprint density at radius 1 is 0.812 bits per heavy atom. The van der Waals surface area contributed by atoms with E-state index in [0.29, 0.717) is 12.5 Å². The third-order valence-electron chi connectivity index (χ3n) is 8.06. The van der Waals surface area contributed by atoms with Gasteiger partial charge in [-0.3, -0.25) is 0 Å². The second-order valence-electron chi connectivity index (χ2n) is 10.3. The molecule has 0 heterocycles. The Balaban J connectivity index is 1.31. The largest absolute Gasteiger partial charge is 0.490 e. The molecule has 0 aliphatic heterocycles. The Hall–Kier alpha value is -1.63. The Morgan fingerprint density at radius 2 is 1.41 bits per heavy atom. The van der Waals surface area contributed by atoms with Crippen LogP contribution in [-0.2, 0) is 0 Å². The quantitative estimate of drug-likeness (QED) is 0.320. The smallest absolute Gasteiger partial charge is 0.201 e. The first kappa shape index (κ1) is 25.0. The molecule has 0 radical (unpaired) electrons. The van der Waals surface area contributed by atoms with Gasteiger partial charge < -0.3 is 4.74 Å². The zero-order valence-corrected chi connectivity index (χ0v) is 19.9. The maximum Gasteiger partial charge on any atom is 0.201 e. The minimum absolute atomic E-state index is 0.0766. The van der Waals surface area contributed by atoms with Gasteiger partial charge in [0.05, 0.1) is 12.2 Å². The minimum Gasteiger partial charge on any atom is -0.490 e. The normalized spacial score (nSPS) is 25.9.